The summed E-state index contributed by atoms with van der Waals surface area (Å²) in [7, 11) is 51.5. The van der Waals surface area contributed by atoms with Crippen molar-refractivity contribution < 1.29 is 4.74 Å². The lowest BCUT2D eigenvalue weighted by molar-refractivity contribution is 0.155. The van der Waals surface area contributed by atoms with E-state index in [0.717, 1.165) is 18.6 Å². The van der Waals surface area contributed by atoms with E-state index in [0.29, 0.717) is 139 Å². The lowest BCUT2D eigenvalue weighted by Crippen LogP contribution is -2.90. The predicted molar refractivity (Wildman–Crippen MR) is 342 cm³/mol. The molecule has 0 saturated heterocycles. The fourth-order valence-electron chi connectivity index (χ4n) is 14.0. The minimum Gasteiger partial charge on any atom is -0.490 e. The van der Waals surface area contributed by atoms with Crippen molar-refractivity contribution in [1.82, 2.24) is 0 Å². The highest BCUT2D eigenvalue weighted by Gasteiger charge is 2.59. The Hall–Kier alpha value is 1.15. The molecule has 0 aromatic heterocycles. The molecule has 1 saturated carbocycles. The lowest BCUT2D eigenvalue weighted by Gasteiger charge is -2.54. The first-order valence-electron chi connectivity index (χ1n) is 23.3. The zero-order valence-electron chi connectivity index (χ0n) is 39.7. The zero-order chi connectivity index (χ0) is 41.5. The number of rotatable bonds is 21. The highest BCUT2D eigenvalue weighted by Crippen LogP contribution is 2.38. The molecule has 54 heavy (non-hydrogen) atoms. The molecule has 1 aliphatic carbocycles. The number of anilines is 2. The van der Waals surface area contributed by atoms with E-state index in [9.17, 15) is 0 Å². The third-order valence-corrected chi connectivity index (χ3v) is 14.8. The zero-order valence-corrected chi connectivity index (χ0v) is 39.7. The molecule has 0 aliphatic heterocycles. The van der Waals surface area contributed by atoms with Crippen LogP contribution in [0, 0.1) is 0 Å². The summed E-state index contributed by atoms with van der Waals surface area (Å²) < 4.78 is 6.73. The Kier molecular flexibility index (Phi) is 22.1. The van der Waals surface area contributed by atoms with Gasteiger partial charge >= 0.3 is 0 Å². The molecule has 42 heteroatoms. The molecule has 1 aliphatic rings. The van der Waals surface area contributed by atoms with Crippen LogP contribution in [-0.2, 0) is 0 Å². The number of nitrogens with two attached hydrogens (primary N) is 2. The summed E-state index contributed by atoms with van der Waals surface area (Å²) in [6.45, 7) is 0.651. The SMILES string of the molecule is BB(B)B(B(B)B)B(B(B(B)B)B(B)B)B(B(B(B)B)B(B)B)B(B(B(B(B)B)B(B)B)B(B(B)B)B(B)B)C1CCC(Oc2cc(N)cc(N)c2)CC1. The molecular weight excluding hydrogens is 610 g/mol. The fourth-order valence-corrected chi connectivity index (χ4v) is 14.0. The molecule has 1 fully saturated rings. The average Bonchev–Trinajstić information content (AvgIpc) is 2.98. The quantitative estimate of drug-likeness (QED) is 0.101. The Balaban J connectivity index is 3.12. The van der Waals surface area contributed by atoms with Crippen LogP contribution in [0.15, 0.2) is 18.2 Å². The van der Waals surface area contributed by atoms with Gasteiger partial charge in [0.15, 0.2) is 0 Å². The van der Waals surface area contributed by atoms with Crippen LogP contribution in [0.25, 0.3) is 0 Å². The van der Waals surface area contributed by atoms with Gasteiger partial charge in [0, 0.05) is 145 Å². The Morgan fingerprint density at radius 3 is 0.907 bits per heavy atom. The molecule has 0 unspecified atom stereocenters. The van der Waals surface area contributed by atoms with Crippen molar-refractivity contribution in [2.75, 3.05) is 11.5 Å². The smallest absolute Gasteiger partial charge is 0.123 e. The van der Waals surface area contributed by atoms with Gasteiger partial charge < -0.3 is 16.2 Å². The summed E-state index contributed by atoms with van der Waals surface area (Å²) in [4.78, 5) is 0. The molecule has 0 spiro atoms. The van der Waals surface area contributed by atoms with Gasteiger partial charge in [-0.2, -0.15) is 0 Å². The summed E-state index contributed by atoms with van der Waals surface area (Å²) in [6.07, 6.45) is 16.6. The Morgan fingerprint density at radius 1 is 0.370 bits per heavy atom. The lowest BCUT2D eigenvalue weighted by atomic mass is 8.30. The molecule has 0 amide bonds. The summed E-state index contributed by atoms with van der Waals surface area (Å²) in [5.41, 5.74) is 13.8. The molecule has 4 N–H and O–H groups in total. The second-order valence-corrected chi connectivity index (χ2v) is 22.1. The van der Waals surface area contributed by atoms with E-state index in [4.69, 9.17) is 16.2 Å². The van der Waals surface area contributed by atoms with Crippen LogP contribution < -0.4 is 16.2 Å². The maximum absolute atomic E-state index is 6.73. The molecule has 1 aromatic carbocycles. The third kappa shape index (κ3) is 13.6. The molecule has 2 rings (SSSR count). The first-order valence-corrected chi connectivity index (χ1v) is 23.3. The molecule has 238 valence electrons. The maximum atomic E-state index is 6.73. The minimum atomic E-state index is 0.205. The number of hydrogen-bond acceptors (Lipinski definition) is 3. The van der Waals surface area contributed by atoms with Crippen LogP contribution in [0.1, 0.15) is 25.7 Å². The summed E-state index contributed by atoms with van der Waals surface area (Å²) in [6, 6.07) is 5.74. The minimum absolute atomic E-state index is 0.205. The average molecular weight is 667 g/mol. The van der Waals surface area contributed by atoms with Gasteiger partial charge in [0.2, 0.25) is 0 Å². The maximum Gasteiger partial charge on any atom is 0.123 e. The van der Waals surface area contributed by atoms with Gasteiger partial charge in [-0.3, -0.25) is 0 Å². The Labute approximate surface area is 362 Å². The van der Waals surface area contributed by atoms with E-state index in [1.54, 1.807) is 0 Å². The Morgan fingerprint density at radius 2 is 0.630 bits per heavy atom. The van der Waals surface area contributed by atoms with Crippen LogP contribution in [0.4, 0.5) is 11.4 Å². The Bertz CT molecular complexity index is 1130. The predicted octanol–water partition coefficient (Wildman–Crippen LogP) is -23.0. The molecule has 0 radical (unpaired) electrons. The van der Waals surface area contributed by atoms with Crippen LogP contribution >= 0.6 is 0 Å². The highest BCUT2D eigenvalue weighted by molar-refractivity contribution is 8.28. The van der Waals surface area contributed by atoms with Gasteiger partial charge in [-0.1, -0.05) is 18.7 Å². The third-order valence-electron chi connectivity index (χ3n) is 14.8. The van der Waals surface area contributed by atoms with E-state index in [-0.39, 0.29) is 6.10 Å². The van der Waals surface area contributed by atoms with E-state index in [2.05, 4.69) is 155 Å². The van der Waals surface area contributed by atoms with E-state index in [1.807, 2.05) is 18.2 Å². The second kappa shape index (κ2) is 23.2. The fraction of sp³-hybridized carbons (Fsp3) is 0.500. The van der Waals surface area contributed by atoms with Crippen LogP contribution in [0.2, 0.25) is 5.82 Å². The number of ether oxygens (including phenoxy) is 1. The van der Waals surface area contributed by atoms with Crippen molar-refractivity contribution >= 4 is 288 Å². The van der Waals surface area contributed by atoms with Crippen LogP contribution in [-0.4, -0.2) is 282 Å². The molecular formula is C12H57B39N2O. The number of hydrogen-bond donors (Lipinski definition) is 2. The largest absolute Gasteiger partial charge is 0.490 e. The van der Waals surface area contributed by atoms with Crippen LogP contribution in [0.5, 0.6) is 5.75 Å². The molecule has 3 nitrogen and oxygen atoms in total. The normalized spacial score (nSPS) is 14.5. The molecule has 1 aromatic rings. The van der Waals surface area contributed by atoms with E-state index in [1.165, 1.54) is 12.8 Å². The van der Waals surface area contributed by atoms with Crippen molar-refractivity contribution in [1.29, 1.82) is 0 Å². The number of benzene rings is 1. The van der Waals surface area contributed by atoms with Gasteiger partial charge in [-0.05, 0) is 18.9 Å². The van der Waals surface area contributed by atoms with Gasteiger partial charge in [-0.15, -0.1) is 0 Å². The first-order chi connectivity index (χ1) is 24.9. The van der Waals surface area contributed by atoms with Crippen molar-refractivity contribution in [3.63, 3.8) is 0 Å². The molecule has 0 heterocycles. The first kappa shape index (κ1) is 51.3. The summed E-state index contributed by atoms with van der Waals surface area (Å²) in [5.74, 6) is 1.50. The topological polar surface area (TPSA) is 61.3 Å². The van der Waals surface area contributed by atoms with E-state index >= 15 is 0 Å². The van der Waals surface area contributed by atoms with Crippen molar-refractivity contribution in [2.45, 2.75) is 37.6 Å². The monoisotopic (exact) mass is 675 g/mol. The van der Waals surface area contributed by atoms with E-state index < -0.39 is 0 Å². The number of nitrogen functional groups attached to an aromatic ring is 2. The molecule has 0 atom stereocenters. The van der Waals surface area contributed by atoms with Crippen molar-refractivity contribution in [3.8, 4) is 5.75 Å². The highest BCUT2D eigenvalue weighted by atomic mass is 16.5. The van der Waals surface area contributed by atoms with Gasteiger partial charge in [0.25, 0.3) is 0 Å². The van der Waals surface area contributed by atoms with Crippen LogP contribution in [0.3, 0.4) is 0 Å². The van der Waals surface area contributed by atoms with Crippen molar-refractivity contribution in [3.05, 3.63) is 18.2 Å². The standard InChI is InChI=1S/C12H57B39N2O/c13-34(14)46(35(15)16)44(47(36(17)18)37(19)20)33(8-1-3-11(4-2-8)54-12-6-9(52)5-10(53)7-12)45(48(38(21)22)39(23)24)51(49(40(25)26)41(27)28)50(42(29)30)43(31)32/h5-8,11H,1-4,13-32,52-53H2. The van der Waals surface area contributed by atoms with Gasteiger partial charge in [-0.25, -0.2) is 0 Å². The molecule has 0 bridgehead atoms. The second-order valence-electron chi connectivity index (χ2n) is 22.1. The summed E-state index contributed by atoms with van der Waals surface area (Å²) >= 11 is 0. The van der Waals surface area contributed by atoms with Gasteiger partial charge in [0.1, 0.15) is 5.75 Å². The van der Waals surface area contributed by atoms with Gasteiger partial charge in [0.05, 0.1) is 161 Å². The summed E-state index contributed by atoms with van der Waals surface area (Å²) in [5, 5.41) is 0. The van der Waals surface area contributed by atoms with Crippen molar-refractivity contribution in [2.24, 2.45) is 0 Å².